The van der Waals surface area contributed by atoms with Crippen molar-refractivity contribution in [2.75, 3.05) is 39.5 Å². The van der Waals surface area contributed by atoms with Crippen molar-refractivity contribution in [2.45, 2.75) is 39.5 Å². The van der Waals surface area contributed by atoms with E-state index < -0.39 is 0 Å². The molecule has 0 aromatic rings. The minimum absolute atomic E-state index is 0.0801. The van der Waals surface area contributed by atoms with Crippen LogP contribution in [0.3, 0.4) is 0 Å². The van der Waals surface area contributed by atoms with Gasteiger partial charge in [0.05, 0.1) is 0 Å². The molecule has 2 aliphatic rings. The van der Waals surface area contributed by atoms with E-state index in [0.717, 1.165) is 26.2 Å². The van der Waals surface area contributed by atoms with Crippen LogP contribution < -0.4 is 0 Å². The zero-order valence-electron chi connectivity index (χ0n) is 11.4. The first-order valence-corrected chi connectivity index (χ1v) is 7.02. The van der Waals surface area contributed by atoms with Crippen molar-refractivity contribution in [3.8, 4) is 0 Å². The van der Waals surface area contributed by atoms with E-state index in [2.05, 4.69) is 18.7 Å². The van der Waals surface area contributed by atoms with E-state index in [1.165, 1.54) is 32.4 Å². The molecule has 0 aromatic heterocycles. The standard InChI is InChI=1S/C14H27NO2/c1-3-13(2,12-16)10-15-7-4-14(11-15)5-8-17-9-6-14/h16H,3-12H2,1-2H3. The molecule has 17 heavy (non-hydrogen) atoms. The van der Waals surface area contributed by atoms with Crippen molar-refractivity contribution in [3.63, 3.8) is 0 Å². The molecule has 1 N–H and O–H groups in total. The Balaban J connectivity index is 1.89. The number of hydrogen-bond donors (Lipinski definition) is 1. The molecule has 3 heteroatoms. The summed E-state index contributed by atoms with van der Waals surface area (Å²) in [4.78, 5) is 2.56. The number of aliphatic hydroxyl groups excluding tert-OH is 1. The molecule has 2 rings (SSSR count). The van der Waals surface area contributed by atoms with Crippen molar-refractivity contribution < 1.29 is 9.84 Å². The topological polar surface area (TPSA) is 32.7 Å². The molecule has 0 bridgehead atoms. The summed E-state index contributed by atoms with van der Waals surface area (Å²) in [6, 6.07) is 0. The van der Waals surface area contributed by atoms with Crippen LogP contribution in [0.2, 0.25) is 0 Å². The lowest BCUT2D eigenvalue weighted by molar-refractivity contribution is 0.0152. The Hall–Kier alpha value is -0.120. The van der Waals surface area contributed by atoms with Gasteiger partial charge in [-0.2, -0.15) is 0 Å². The molecule has 2 heterocycles. The van der Waals surface area contributed by atoms with Crippen LogP contribution in [0, 0.1) is 10.8 Å². The van der Waals surface area contributed by atoms with Gasteiger partial charge in [0, 0.05) is 38.3 Å². The highest BCUT2D eigenvalue weighted by Gasteiger charge is 2.40. The smallest absolute Gasteiger partial charge is 0.0496 e. The Morgan fingerprint density at radius 2 is 2.00 bits per heavy atom. The van der Waals surface area contributed by atoms with Gasteiger partial charge in [-0.3, -0.25) is 0 Å². The fraction of sp³-hybridized carbons (Fsp3) is 1.00. The van der Waals surface area contributed by atoms with E-state index in [1.54, 1.807) is 0 Å². The minimum Gasteiger partial charge on any atom is -0.396 e. The molecule has 0 radical (unpaired) electrons. The molecular weight excluding hydrogens is 214 g/mol. The second-order valence-corrected chi connectivity index (χ2v) is 6.40. The van der Waals surface area contributed by atoms with Gasteiger partial charge in [-0.1, -0.05) is 13.8 Å². The molecule has 0 amide bonds. The molecule has 1 spiro atoms. The lowest BCUT2D eigenvalue weighted by Crippen LogP contribution is -2.39. The van der Waals surface area contributed by atoms with E-state index in [0.29, 0.717) is 12.0 Å². The highest BCUT2D eigenvalue weighted by molar-refractivity contribution is 4.93. The maximum absolute atomic E-state index is 9.50. The van der Waals surface area contributed by atoms with Crippen LogP contribution in [-0.4, -0.2) is 49.5 Å². The molecule has 100 valence electrons. The van der Waals surface area contributed by atoms with E-state index in [-0.39, 0.29) is 5.41 Å². The number of aliphatic hydroxyl groups is 1. The number of likely N-dealkylation sites (tertiary alicyclic amines) is 1. The second kappa shape index (κ2) is 5.25. The van der Waals surface area contributed by atoms with Crippen molar-refractivity contribution in [3.05, 3.63) is 0 Å². The van der Waals surface area contributed by atoms with Crippen LogP contribution in [0.25, 0.3) is 0 Å². The fourth-order valence-corrected chi connectivity index (χ4v) is 3.19. The van der Waals surface area contributed by atoms with Gasteiger partial charge in [-0.05, 0) is 37.6 Å². The zero-order chi connectivity index (χ0) is 12.4. The second-order valence-electron chi connectivity index (χ2n) is 6.40. The Bertz CT molecular complexity index is 245. The summed E-state index contributed by atoms with van der Waals surface area (Å²) in [6.07, 6.45) is 4.83. The van der Waals surface area contributed by atoms with Gasteiger partial charge in [-0.25, -0.2) is 0 Å². The maximum atomic E-state index is 9.50. The molecule has 2 fully saturated rings. The van der Waals surface area contributed by atoms with E-state index >= 15 is 0 Å². The Morgan fingerprint density at radius 1 is 1.29 bits per heavy atom. The van der Waals surface area contributed by atoms with Crippen molar-refractivity contribution >= 4 is 0 Å². The van der Waals surface area contributed by atoms with Gasteiger partial charge in [-0.15, -0.1) is 0 Å². The molecule has 0 aliphatic carbocycles. The van der Waals surface area contributed by atoms with Crippen LogP contribution >= 0.6 is 0 Å². The minimum atomic E-state index is 0.0801. The summed E-state index contributed by atoms with van der Waals surface area (Å²) in [5.74, 6) is 0. The third kappa shape index (κ3) is 3.01. The van der Waals surface area contributed by atoms with Gasteiger partial charge in [0.15, 0.2) is 0 Å². The van der Waals surface area contributed by atoms with Crippen LogP contribution in [0.1, 0.15) is 39.5 Å². The molecule has 1 unspecified atom stereocenters. The third-order valence-corrected chi connectivity index (χ3v) is 4.91. The highest BCUT2D eigenvalue weighted by atomic mass is 16.5. The average molecular weight is 241 g/mol. The summed E-state index contributed by atoms with van der Waals surface area (Å²) < 4.78 is 5.48. The fourth-order valence-electron chi connectivity index (χ4n) is 3.19. The quantitative estimate of drug-likeness (QED) is 0.816. The summed E-state index contributed by atoms with van der Waals surface area (Å²) >= 11 is 0. The van der Waals surface area contributed by atoms with Gasteiger partial charge in [0.25, 0.3) is 0 Å². The third-order valence-electron chi connectivity index (χ3n) is 4.91. The van der Waals surface area contributed by atoms with Crippen molar-refractivity contribution in [2.24, 2.45) is 10.8 Å². The van der Waals surface area contributed by atoms with E-state index in [1.807, 2.05) is 0 Å². The van der Waals surface area contributed by atoms with Crippen molar-refractivity contribution in [1.29, 1.82) is 0 Å². The van der Waals surface area contributed by atoms with Crippen LogP contribution in [-0.2, 0) is 4.74 Å². The summed E-state index contributed by atoms with van der Waals surface area (Å²) in [7, 11) is 0. The molecule has 3 nitrogen and oxygen atoms in total. The van der Waals surface area contributed by atoms with Crippen LogP contribution in [0.15, 0.2) is 0 Å². The van der Waals surface area contributed by atoms with Gasteiger partial charge in [0.1, 0.15) is 0 Å². The highest BCUT2D eigenvalue weighted by Crippen LogP contribution is 2.40. The van der Waals surface area contributed by atoms with Gasteiger partial charge < -0.3 is 14.7 Å². The lowest BCUT2D eigenvalue weighted by atomic mass is 9.79. The Labute approximate surface area is 105 Å². The number of hydrogen-bond acceptors (Lipinski definition) is 3. The largest absolute Gasteiger partial charge is 0.396 e. The van der Waals surface area contributed by atoms with Gasteiger partial charge in [0.2, 0.25) is 0 Å². The first-order chi connectivity index (χ1) is 8.11. The SMILES string of the molecule is CCC(C)(CO)CN1CCC2(CCOCC2)C1. The monoisotopic (exact) mass is 241 g/mol. The maximum Gasteiger partial charge on any atom is 0.0496 e. The van der Waals surface area contributed by atoms with E-state index in [9.17, 15) is 5.11 Å². The number of nitrogens with zero attached hydrogens (tertiary/aromatic N) is 1. The molecule has 0 saturated carbocycles. The summed E-state index contributed by atoms with van der Waals surface area (Å²) in [5, 5.41) is 9.50. The van der Waals surface area contributed by atoms with Crippen LogP contribution in [0.5, 0.6) is 0 Å². The molecule has 2 aliphatic heterocycles. The lowest BCUT2D eigenvalue weighted by Gasteiger charge is -2.35. The van der Waals surface area contributed by atoms with Crippen LogP contribution in [0.4, 0.5) is 0 Å². The van der Waals surface area contributed by atoms with E-state index in [4.69, 9.17) is 4.74 Å². The van der Waals surface area contributed by atoms with Crippen molar-refractivity contribution in [1.82, 2.24) is 4.90 Å². The first-order valence-electron chi connectivity index (χ1n) is 7.02. The summed E-state index contributed by atoms with van der Waals surface area (Å²) in [5.41, 5.74) is 0.610. The number of rotatable bonds is 4. The molecular formula is C14H27NO2. The average Bonchev–Trinajstić information content (AvgIpc) is 2.72. The predicted octanol–water partition coefficient (Wildman–Crippen LogP) is 1.90. The normalized spacial score (nSPS) is 28.4. The molecule has 2 saturated heterocycles. The summed E-state index contributed by atoms with van der Waals surface area (Å²) in [6.45, 7) is 10.0. The first kappa shape index (κ1) is 13.3. The van der Waals surface area contributed by atoms with Gasteiger partial charge >= 0.3 is 0 Å². The zero-order valence-corrected chi connectivity index (χ0v) is 11.4. The molecule has 1 atom stereocenters. The Kier molecular flexibility index (Phi) is 4.11. The predicted molar refractivity (Wildman–Crippen MR) is 69.0 cm³/mol. The number of ether oxygens (including phenoxy) is 1. The molecule has 0 aromatic carbocycles. The Morgan fingerprint density at radius 3 is 2.59 bits per heavy atom.